The fraction of sp³-hybridized carbons (Fsp3) is 0.286. The monoisotopic (exact) mass is 279 g/mol. The van der Waals surface area contributed by atoms with Crippen molar-refractivity contribution in [2.75, 3.05) is 5.32 Å². The van der Waals surface area contributed by atoms with Gasteiger partial charge in [-0.05, 0) is 12.5 Å². The van der Waals surface area contributed by atoms with Crippen LogP contribution in [0, 0.1) is 5.82 Å². The highest BCUT2D eigenvalue weighted by Crippen LogP contribution is 2.14. The average molecular weight is 280 g/mol. The Balaban J connectivity index is 2.09. The van der Waals surface area contributed by atoms with E-state index in [1.165, 1.54) is 6.07 Å². The van der Waals surface area contributed by atoms with Gasteiger partial charge in [0.2, 0.25) is 0 Å². The highest BCUT2D eigenvalue weighted by atomic mass is 35.5. The minimum atomic E-state index is -0.232. The lowest BCUT2D eigenvalue weighted by atomic mass is 10.2. The third-order valence-electron chi connectivity index (χ3n) is 2.63. The maximum absolute atomic E-state index is 13.5. The second-order valence-corrected chi connectivity index (χ2v) is 4.57. The number of halogens is 2. The van der Waals surface area contributed by atoms with Gasteiger partial charge in [-0.1, -0.05) is 36.7 Å². The molecule has 1 N–H and O–H groups in total. The van der Waals surface area contributed by atoms with Gasteiger partial charge in [-0.3, -0.25) is 0 Å². The summed E-state index contributed by atoms with van der Waals surface area (Å²) < 4.78 is 13.5. The van der Waals surface area contributed by atoms with Gasteiger partial charge in [0, 0.05) is 24.6 Å². The Hall–Kier alpha value is -1.68. The van der Waals surface area contributed by atoms with E-state index >= 15 is 0 Å². The molecule has 2 rings (SSSR count). The van der Waals surface area contributed by atoms with Crippen LogP contribution in [0.15, 0.2) is 30.3 Å². The molecule has 1 aromatic heterocycles. The number of hydrogen-bond acceptors (Lipinski definition) is 3. The summed E-state index contributed by atoms with van der Waals surface area (Å²) in [5.41, 5.74) is 0.592. The van der Waals surface area contributed by atoms with E-state index in [2.05, 4.69) is 22.2 Å². The minimum Gasteiger partial charge on any atom is -0.366 e. The van der Waals surface area contributed by atoms with Crippen LogP contribution < -0.4 is 5.32 Å². The molecule has 19 heavy (non-hydrogen) atoms. The van der Waals surface area contributed by atoms with E-state index in [4.69, 9.17) is 11.6 Å². The third-order valence-corrected chi connectivity index (χ3v) is 2.83. The first-order valence-corrected chi connectivity index (χ1v) is 6.57. The molecule has 0 aliphatic rings. The molecule has 0 unspecified atom stereocenters. The lowest BCUT2D eigenvalue weighted by Gasteiger charge is -2.08. The fourth-order valence-corrected chi connectivity index (χ4v) is 1.92. The van der Waals surface area contributed by atoms with Gasteiger partial charge in [0.25, 0.3) is 0 Å². The molecule has 0 amide bonds. The number of aryl methyl sites for hydroxylation is 1. The number of anilines is 1. The zero-order valence-corrected chi connectivity index (χ0v) is 11.4. The Kier molecular flexibility index (Phi) is 4.68. The molecule has 0 spiro atoms. The Morgan fingerprint density at radius 2 is 2.05 bits per heavy atom. The second-order valence-electron chi connectivity index (χ2n) is 4.19. The summed E-state index contributed by atoms with van der Waals surface area (Å²) >= 11 is 5.93. The maximum Gasteiger partial charge on any atom is 0.134 e. The summed E-state index contributed by atoms with van der Waals surface area (Å²) in [6.07, 6.45) is 1.72. The van der Waals surface area contributed by atoms with Crippen molar-refractivity contribution in [2.24, 2.45) is 0 Å². The van der Waals surface area contributed by atoms with Gasteiger partial charge in [-0.25, -0.2) is 14.4 Å². The van der Waals surface area contributed by atoms with Crippen LogP contribution in [0.3, 0.4) is 0 Å². The third kappa shape index (κ3) is 3.89. The van der Waals surface area contributed by atoms with E-state index in [9.17, 15) is 4.39 Å². The second kappa shape index (κ2) is 6.48. The minimum absolute atomic E-state index is 0.232. The van der Waals surface area contributed by atoms with Crippen LogP contribution in [0.25, 0.3) is 0 Å². The molecule has 5 heteroatoms. The molecular weight excluding hydrogens is 265 g/mol. The number of hydrogen-bond donors (Lipinski definition) is 1. The van der Waals surface area contributed by atoms with E-state index in [1.54, 1.807) is 24.3 Å². The molecule has 1 heterocycles. The van der Waals surface area contributed by atoms with Crippen LogP contribution in [0.2, 0.25) is 5.15 Å². The smallest absolute Gasteiger partial charge is 0.134 e. The van der Waals surface area contributed by atoms with Gasteiger partial charge in [-0.2, -0.15) is 0 Å². The summed E-state index contributed by atoms with van der Waals surface area (Å²) in [5, 5.41) is 3.46. The summed E-state index contributed by atoms with van der Waals surface area (Å²) in [5.74, 6) is 1.08. The zero-order chi connectivity index (χ0) is 13.7. The van der Waals surface area contributed by atoms with Crippen LogP contribution >= 0.6 is 11.6 Å². The Bertz CT molecular complexity index is 560. The SMILES string of the molecule is CCCc1nc(Cl)cc(NCc2ccccc2F)n1. The number of rotatable bonds is 5. The lowest BCUT2D eigenvalue weighted by Crippen LogP contribution is -2.06. The molecular formula is C14H15ClFN3. The maximum atomic E-state index is 13.5. The summed E-state index contributed by atoms with van der Waals surface area (Å²) in [4.78, 5) is 8.48. The molecule has 0 radical (unpaired) electrons. The molecule has 1 aromatic carbocycles. The van der Waals surface area contributed by atoms with Crippen molar-refractivity contribution in [3.63, 3.8) is 0 Å². The largest absolute Gasteiger partial charge is 0.366 e. The molecule has 0 bridgehead atoms. The first-order chi connectivity index (χ1) is 9.19. The number of aromatic nitrogens is 2. The van der Waals surface area contributed by atoms with Crippen molar-refractivity contribution < 1.29 is 4.39 Å². The summed E-state index contributed by atoms with van der Waals surface area (Å²) in [7, 11) is 0. The van der Waals surface area contributed by atoms with Crippen LogP contribution in [-0.4, -0.2) is 9.97 Å². The Labute approximate surface area is 116 Å². The lowest BCUT2D eigenvalue weighted by molar-refractivity contribution is 0.613. The van der Waals surface area contributed by atoms with E-state index in [-0.39, 0.29) is 5.82 Å². The molecule has 0 atom stereocenters. The molecule has 3 nitrogen and oxygen atoms in total. The summed E-state index contributed by atoms with van der Waals surface area (Å²) in [6.45, 7) is 2.42. The highest BCUT2D eigenvalue weighted by molar-refractivity contribution is 6.29. The summed E-state index contributed by atoms with van der Waals surface area (Å²) in [6, 6.07) is 8.28. The van der Waals surface area contributed by atoms with E-state index in [0.717, 1.165) is 12.8 Å². The normalized spacial score (nSPS) is 10.5. The molecule has 0 saturated heterocycles. The zero-order valence-electron chi connectivity index (χ0n) is 10.7. The number of nitrogens with one attached hydrogen (secondary N) is 1. The van der Waals surface area contributed by atoms with Crippen LogP contribution in [0.5, 0.6) is 0 Å². The number of benzene rings is 1. The Morgan fingerprint density at radius 3 is 2.79 bits per heavy atom. The van der Waals surface area contributed by atoms with E-state index in [1.807, 2.05) is 0 Å². The predicted molar refractivity (Wildman–Crippen MR) is 74.8 cm³/mol. The molecule has 0 aliphatic heterocycles. The number of nitrogens with zero attached hydrogens (tertiary/aromatic N) is 2. The van der Waals surface area contributed by atoms with Crippen molar-refractivity contribution >= 4 is 17.4 Å². The topological polar surface area (TPSA) is 37.8 Å². The molecule has 2 aromatic rings. The molecule has 0 aliphatic carbocycles. The van der Waals surface area contributed by atoms with Gasteiger partial charge >= 0.3 is 0 Å². The fourth-order valence-electron chi connectivity index (χ4n) is 1.72. The van der Waals surface area contributed by atoms with E-state index in [0.29, 0.717) is 28.9 Å². The predicted octanol–water partition coefficient (Wildman–Crippen LogP) is 3.83. The van der Waals surface area contributed by atoms with Crippen LogP contribution in [-0.2, 0) is 13.0 Å². The van der Waals surface area contributed by atoms with Gasteiger partial charge < -0.3 is 5.32 Å². The van der Waals surface area contributed by atoms with Crippen molar-refractivity contribution in [1.29, 1.82) is 0 Å². The highest BCUT2D eigenvalue weighted by Gasteiger charge is 2.04. The molecule has 0 fully saturated rings. The van der Waals surface area contributed by atoms with Gasteiger partial charge in [0.15, 0.2) is 0 Å². The quantitative estimate of drug-likeness (QED) is 0.845. The molecule has 100 valence electrons. The Morgan fingerprint density at radius 1 is 1.26 bits per heavy atom. The van der Waals surface area contributed by atoms with Gasteiger partial charge in [0.05, 0.1) is 0 Å². The molecule has 0 saturated carbocycles. The van der Waals surface area contributed by atoms with Crippen molar-refractivity contribution in [2.45, 2.75) is 26.3 Å². The van der Waals surface area contributed by atoms with Crippen LogP contribution in [0.1, 0.15) is 24.7 Å². The standard InChI is InChI=1S/C14H15ClFN3/c1-2-5-13-18-12(15)8-14(19-13)17-9-10-6-3-4-7-11(10)16/h3-4,6-8H,2,5,9H2,1H3,(H,17,18,19). The van der Waals surface area contributed by atoms with Crippen LogP contribution in [0.4, 0.5) is 10.2 Å². The van der Waals surface area contributed by atoms with Crippen molar-refractivity contribution in [3.8, 4) is 0 Å². The van der Waals surface area contributed by atoms with Gasteiger partial charge in [0.1, 0.15) is 22.6 Å². The van der Waals surface area contributed by atoms with Crippen molar-refractivity contribution in [3.05, 3.63) is 52.7 Å². The average Bonchev–Trinajstić information content (AvgIpc) is 2.37. The first-order valence-electron chi connectivity index (χ1n) is 6.19. The first kappa shape index (κ1) is 13.7. The van der Waals surface area contributed by atoms with E-state index < -0.39 is 0 Å². The van der Waals surface area contributed by atoms with Crippen molar-refractivity contribution in [1.82, 2.24) is 9.97 Å². The van der Waals surface area contributed by atoms with Gasteiger partial charge in [-0.15, -0.1) is 0 Å².